The van der Waals surface area contributed by atoms with E-state index in [0.29, 0.717) is 38.8 Å². The summed E-state index contributed by atoms with van der Waals surface area (Å²) in [4.78, 5) is 50.2. The minimum Gasteiger partial charge on any atom is -0.481 e. The second-order valence-corrected chi connectivity index (χ2v) is 12.9. The Kier molecular flexibility index (Phi) is 19.7. The lowest BCUT2D eigenvalue weighted by atomic mass is 10.1. The van der Waals surface area contributed by atoms with Crippen LogP contribution in [0, 0.1) is 0 Å². The van der Waals surface area contributed by atoms with Crippen LogP contribution in [-0.4, -0.2) is 34.0 Å². The van der Waals surface area contributed by atoms with Crippen molar-refractivity contribution in [3.05, 3.63) is 132 Å². The number of amides is 2. The first-order valence-corrected chi connectivity index (χ1v) is 18.6. The Labute approximate surface area is 309 Å². The molecule has 0 saturated heterocycles. The molecule has 0 fully saturated rings. The van der Waals surface area contributed by atoms with Crippen molar-refractivity contribution in [2.24, 2.45) is 0 Å². The van der Waals surface area contributed by atoms with Crippen molar-refractivity contribution in [1.29, 1.82) is 0 Å². The van der Waals surface area contributed by atoms with E-state index in [4.69, 9.17) is 10.2 Å². The lowest BCUT2D eigenvalue weighted by Crippen LogP contribution is -2.30. The van der Waals surface area contributed by atoms with Crippen molar-refractivity contribution in [1.82, 2.24) is 0 Å². The van der Waals surface area contributed by atoms with Gasteiger partial charge in [0.15, 0.2) is 0 Å². The van der Waals surface area contributed by atoms with E-state index < -0.39 is 11.9 Å². The monoisotopic (exact) mass is 706 g/mol. The molecule has 0 unspecified atom stereocenters. The Bertz CT molecular complexity index is 1460. The number of carbonyl (C=O) groups excluding carboxylic acids is 2. The average Bonchev–Trinajstić information content (AvgIpc) is 3.16. The maximum atomic E-state index is 12.8. The number of hydrogen-bond acceptors (Lipinski definition) is 4. The number of rotatable bonds is 22. The Morgan fingerprint density at radius 1 is 0.365 bits per heavy atom. The van der Waals surface area contributed by atoms with Gasteiger partial charge in [-0.05, 0) is 61.1 Å². The molecule has 52 heavy (non-hydrogen) atoms. The quantitative estimate of drug-likeness (QED) is 0.0786. The standard InChI is InChI=1S/2C22H27NO3/c2*24-21(16-10-2-1-3-11-17-22(25)26)23(20-14-8-5-9-15-20)18-19-12-6-4-7-13-19/h2*4-9,12-15H,1-3,10-11,16-18H2,(H,25,26). The highest BCUT2D eigenvalue weighted by Crippen LogP contribution is 2.21. The van der Waals surface area contributed by atoms with Gasteiger partial charge in [-0.25, -0.2) is 0 Å². The molecule has 0 heterocycles. The first-order valence-electron chi connectivity index (χ1n) is 18.6. The van der Waals surface area contributed by atoms with Crippen LogP contribution in [0.25, 0.3) is 0 Å². The average molecular weight is 707 g/mol. The normalized spacial score (nSPS) is 10.5. The summed E-state index contributed by atoms with van der Waals surface area (Å²) < 4.78 is 0. The summed E-state index contributed by atoms with van der Waals surface area (Å²) in [6, 6.07) is 39.6. The first kappa shape index (κ1) is 41.2. The van der Waals surface area contributed by atoms with E-state index in [1.165, 1.54) is 0 Å². The van der Waals surface area contributed by atoms with Crippen LogP contribution >= 0.6 is 0 Å². The molecule has 0 aliphatic rings. The number of anilines is 2. The lowest BCUT2D eigenvalue weighted by molar-refractivity contribution is -0.138. The lowest BCUT2D eigenvalue weighted by Gasteiger charge is -2.23. The zero-order valence-corrected chi connectivity index (χ0v) is 30.3. The molecule has 0 radical (unpaired) electrons. The topological polar surface area (TPSA) is 115 Å². The second-order valence-electron chi connectivity index (χ2n) is 12.9. The van der Waals surface area contributed by atoms with Crippen molar-refractivity contribution in [3.63, 3.8) is 0 Å². The Balaban J connectivity index is 0.000000280. The molecule has 0 aliphatic heterocycles. The van der Waals surface area contributed by atoms with Crippen molar-refractivity contribution >= 4 is 35.1 Å². The van der Waals surface area contributed by atoms with Crippen LogP contribution < -0.4 is 9.80 Å². The maximum Gasteiger partial charge on any atom is 0.303 e. The fraction of sp³-hybridized carbons (Fsp3) is 0.364. The van der Waals surface area contributed by atoms with Gasteiger partial charge in [-0.3, -0.25) is 19.2 Å². The van der Waals surface area contributed by atoms with Gasteiger partial charge in [0.2, 0.25) is 11.8 Å². The fourth-order valence-electron chi connectivity index (χ4n) is 5.83. The predicted octanol–water partition coefficient (Wildman–Crippen LogP) is 10.1. The van der Waals surface area contributed by atoms with E-state index >= 15 is 0 Å². The maximum absolute atomic E-state index is 12.8. The number of carboxylic acid groups (broad SMARTS) is 2. The van der Waals surface area contributed by atoms with Crippen LogP contribution in [0.2, 0.25) is 0 Å². The number of hydrogen-bond donors (Lipinski definition) is 2. The molecule has 4 aromatic rings. The van der Waals surface area contributed by atoms with Gasteiger partial charge in [-0.1, -0.05) is 136 Å². The number of para-hydroxylation sites is 2. The van der Waals surface area contributed by atoms with Gasteiger partial charge >= 0.3 is 11.9 Å². The number of unbranched alkanes of at least 4 members (excludes halogenated alkanes) is 8. The van der Waals surface area contributed by atoms with Gasteiger partial charge in [0.1, 0.15) is 0 Å². The zero-order chi connectivity index (χ0) is 37.2. The summed E-state index contributed by atoms with van der Waals surface area (Å²) in [5.74, 6) is -1.21. The zero-order valence-electron chi connectivity index (χ0n) is 30.3. The van der Waals surface area contributed by atoms with Crippen molar-refractivity contribution in [3.8, 4) is 0 Å². The van der Waals surface area contributed by atoms with Gasteiger partial charge in [-0.2, -0.15) is 0 Å². The predicted molar refractivity (Wildman–Crippen MR) is 208 cm³/mol. The number of carboxylic acids is 2. The first-order chi connectivity index (χ1) is 25.3. The highest BCUT2D eigenvalue weighted by Gasteiger charge is 2.17. The largest absolute Gasteiger partial charge is 0.481 e. The van der Waals surface area contributed by atoms with E-state index in [9.17, 15) is 19.2 Å². The number of benzene rings is 4. The number of nitrogens with zero attached hydrogens (tertiary/aromatic N) is 2. The van der Waals surface area contributed by atoms with E-state index in [1.807, 2.05) is 131 Å². The van der Waals surface area contributed by atoms with Crippen molar-refractivity contribution in [2.75, 3.05) is 9.80 Å². The molecule has 0 bridgehead atoms. The molecule has 0 spiro atoms. The second kappa shape index (κ2) is 24.8. The Morgan fingerprint density at radius 2 is 0.635 bits per heavy atom. The molecule has 8 heteroatoms. The molecule has 0 saturated carbocycles. The van der Waals surface area contributed by atoms with Gasteiger partial charge < -0.3 is 20.0 Å². The molecular formula is C44H54N2O6. The van der Waals surface area contributed by atoms with E-state index in [0.717, 1.165) is 73.9 Å². The molecule has 8 nitrogen and oxygen atoms in total. The fourth-order valence-corrected chi connectivity index (χ4v) is 5.83. The molecule has 276 valence electrons. The van der Waals surface area contributed by atoms with E-state index in [1.54, 1.807) is 0 Å². The molecule has 2 N–H and O–H groups in total. The third-order valence-electron chi connectivity index (χ3n) is 8.67. The molecule has 0 atom stereocenters. The van der Waals surface area contributed by atoms with Crippen LogP contribution in [0.3, 0.4) is 0 Å². The number of aliphatic carboxylic acids is 2. The third-order valence-corrected chi connectivity index (χ3v) is 8.67. The minimum atomic E-state index is -0.736. The van der Waals surface area contributed by atoms with E-state index in [2.05, 4.69) is 0 Å². The summed E-state index contributed by atoms with van der Waals surface area (Å²) >= 11 is 0. The highest BCUT2D eigenvalue weighted by atomic mass is 16.4. The van der Waals surface area contributed by atoms with Crippen LogP contribution in [-0.2, 0) is 32.3 Å². The van der Waals surface area contributed by atoms with E-state index in [-0.39, 0.29) is 24.7 Å². The van der Waals surface area contributed by atoms with Crippen LogP contribution in [0.5, 0.6) is 0 Å². The molecule has 2 amide bonds. The molecule has 4 rings (SSSR count). The molecule has 4 aromatic carbocycles. The summed E-state index contributed by atoms with van der Waals surface area (Å²) in [7, 11) is 0. The van der Waals surface area contributed by atoms with Gasteiger partial charge in [0.05, 0.1) is 13.1 Å². The summed E-state index contributed by atoms with van der Waals surface area (Å²) in [5, 5.41) is 17.3. The van der Waals surface area contributed by atoms with Gasteiger partial charge in [0, 0.05) is 37.1 Å². The summed E-state index contributed by atoms with van der Waals surface area (Å²) in [6.45, 7) is 1.14. The molecule has 0 aromatic heterocycles. The number of carbonyl (C=O) groups is 4. The summed E-state index contributed by atoms with van der Waals surface area (Å²) in [6.07, 6.45) is 10.3. The highest BCUT2D eigenvalue weighted by molar-refractivity contribution is 5.93. The van der Waals surface area contributed by atoms with Crippen LogP contribution in [0.15, 0.2) is 121 Å². The van der Waals surface area contributed by atoms with Gasteiger partial charge in [0.25, 0.3) is 0 Å². The third kappa shape index (κ3) is 17.1. The Morgan fingerprint density at radius 3 is 0.942 bits per heavy atom. The molecule has 0 aliphatic carbocycles. The van der Waals surface area contributed by atoms with Crippen LogP contribution in [0.4, 0.5) is 11.4 Å². The van der Waals surface area contributed by atoms with Crippen molar-refractivity contribution < 1.29 is 29.4 Å². The smallest absolute Gasteiger partial charge is 0.303 e. The van der Waals surface area contributed by atoms with Crippen LogP contribution in [0.1, 0.15) is 101 Å². The van der Waals surface area contributed by atoms with Gasteiger partial charge in [-0.15, -0.1) is 0 Å². The van der Waals surface area contributed by atoms with Crippen molar-refractivity contribution in [2.45, 2.75) is 103 Å². The summed E-state index contributed by atoms with van der Waals surface area (Å²) in [5.41, 5.74) is 4.06. The SMILES string of the molecule is O=C(O)CCCCCCCC(=O)N(Cc1ccccc1)c1ccccc1.O=C(O)CCCCCCCC(=O)N(Cc1ccccc1)c1ccccc1. The molecular weight excluding hydrogens is 652 g/mol. The Hall–Kier alpha value is -5.24. The minimum absolute atomic E-state index is 0.130.